The quantitative estimate of drug-likeness (QED) is 0.754. The first-order chi connectivity index (χ1) is 8.27. The maximum atomic E-state index is 5.64. The Morgan fingerprint density at radius 3 is 2.78 bits per heavy atom. The summed E-state index contributed by atoms with van der Waals surface area (Å²) in [4.78, 5) is 2.14. The second kappa shape index (κ2) is 7.74. The van der Waals surface area contributed by atoms with E-state index in [1.54, 1.807) is 0 Å². The molecule has 1 aromatic heterocycles. The fourth-order valence-electron chi connectivity index (χ4n) is 1.78. The minimum atomic E-state index is 0. The van der Waals surface area contributed by atoms with E-state index in [0.29, 0.717) is 0 Å². The molecule has 2 nitrogen and oxygen atoms in total. The molecule has 0 aliphatic rings. The number of benzene rings is 1. The van der Waals surface area contributed by atoms with Crippen molar-refractivity contribution in [2.75, 3.05) is 33.9 Å². The summed E-state index contributed by atoms with van der Waals surface area (Å²) in [6.07, 6.45) is 1.01. The number of hydrogen-bond donors (Lipinski definition) is 0. The van der Waals surface area contributed by atoms with Crippen molar-refractivity contribution in [2.24, 2.45) is 0 Å². The molecule has 100 valence electrons. The number of nitrogens with zero attached hydrogens (tertiary/aromatic N) is 1. The Bertz CT molecular complexity index is 470. The Kier molecular flexibility index (Phi) is 6.65. The van der Waals surface area contributed by atoms with E-state index in [1.807, 2.05) is 11.3 Å². The molecule has 1 heterocycles. The molecule has 0 bridgehead atoms. The van der Waals surface area contributed by atoms with Gasteiger partial charge in [-0.05, 0) is 42.9 Å². The molecular formula is C14H20ClNOS. The van der Waals surface area contributed by atoms with Gasteiger partial charge in [-0.1, -0.05) is 18.2 Å². The predicted molar refractivity (Wildman–Crippen MR) is 82.2 cm³/mol. The van der Waals surface area contributed by atoms with Gasteiger partial charge in [0.2, 0.25) is 0 Å². The van der Waals surface area contributed by atoms with E-state index in [4.69, 9.17) is 4.74 Å². The number of likely N-dealkylation sites (N-methyl/N-ethyl adjacent to an activating group) is 1. The molecule has 0 saturated heterocycles. The second-order valence-corrected chi connectivity index (χ2v) is 5.34. The maximum Gasteiger partial charge on any atom is 0.0593 e. The van der Waals surface area contributed by atoms with E-state index in [0.717, 1.165) is 26.2 Å². The molecular weight excluding hydrogens is 266 g/mol. The summed E-state index contributed by atoms with van der Waals surface area (Å²) in [7, 11) is 4.13. The van der Waals surface area contributed by atoms with E-state index in [2.05, 4.69) is 48.6 Å². The molecule has 0 saturated carbocycles. The molecule has 0 fully saturated rings. The summed E-state index contributed by atoms with van der Waals surface area (Å²) in [5.41, 5.74) is 1.40. The summed E-state index contributed by atoms with van der Waals surface area (Å²) >= 11 is 1.82. The third-order valence-electron chi connectivity index (χ3n) is 2.76. The average Bonchev–Trinajstić information content (AvgIpc) is 2.77. The van der Waals surface area contributed by atoms with Crippen molar-refractivity contribution in [3.63, 3.8) is 0 Å². The van der Waals surface area contributed by atoms with Crippen molar-refractivity contribution in [2.45, 2.75) is 6.42 Å². The summed E-state index contributed by atoms with van der Waals surface area (Å²) in [5.74, 6) is 0. The van der Waals surface area contributed by atoms with Crippen molar-refractivity contribution in [3.8, 4) is 0 Å². The molecule has 0 spiro atoms. The Balaban J connectivity index is 0.00000162. The molecule has 0 amide bonds. The molecule has 1 aromatic carbocycles. The van der Waals surface area contributed by atoms with Gasteiger partial charge in [-0.25, -0.2) is 0 Å². The van der Waals surface area contributed by atoms with Crippen LogP contribution in [0.15, 0.2) is 29.6 Å². The zero-order valence-corrected chi connectivity index (χ0v) is 12.5. The summed E-state index contributed by atoms with van der Waals surface area (Å²) in [6, 6.07) is 8.68. The standard InChI is InChI=1S/C14H19NOS.ClH/c1-15(2)8-10-16-9-6-12-4-3-5-13-7-11-17-14(12)13;/h3-5,7,11H,6,8-10H2,1-2H3;1H. The van der Waals surface area contributed by atoms with E-state index in [1.165, 1.54) is 15.6 Å². The van der Waals surface area contributed by atoms with Gasteiger partial charge in [0.05, 0.1) is 13.2 Å². The topological polar surface area (TPSA) is 12.5 Å². The van der Waals surface area contributed by atoms with Crippen LogP contribution >= 0.6 is 23.7 Å². The van der Waals surface area contributed by atoms with Crippen LogP contribution in [0.25, 0.3) is 10.1 Å². The van der Waals surface area contributed by atoms with E-state index < -0.39 is 0 Å². The summed E-state index contributed by atoms with van der Waals surface area (Å²) < 4.78 is 7.04. The first-order valence-corrected chi connectivity index (χ1v) is 6.83. The largest absolute Gasteiger partial charge is 0.380 e. The second-order valence-electron chi connectivity index (χ2n) is 4.42. The minimum Gasteiger partial charge on any atom is -0.380 e. The van der Waals surface area contributed by atoms with Gasteiger partial charge < -0.3 is 9.64 Å². The van der Waals surface area contributed by atoms with Crippen molar-refractivity contribution < 1.29 is 4.74 Å². The van der Waals surface area contributed by atoms with Crippen LogP contribution in [0.2, 0.25) is 0 Å². The van der Waals surface area contributed by atoms with Crippen LogP contribution in [0.4, 0.5) is 0 Å². The van der Waals surface area contributed by atoms with Gasteiger partial charge in [0.25, 0.3) is 0 Å². The fourth-order valence-corrected chi connectivity index (χ4v) is 2.73. The lowest BCUT2D eigenvalue weighted by molar-refractivity contribution is 0.120. The predicted octanol–water partition coefficient (Wildman–Crippen LogP) is 3.44. The minimum absolute atomic E-state index is 0. The molecule has 0 aliphatic heterocycles. The Morgan fingerprint density at radius 1 is 1.17 bits per heavy atom. The van der Waals surface area contributed by atoms with Crippen molar-refractivity contribution in [1.82, 2.24) is 4.90 Å². The highest BCUT2D eigenvalue weighted by atomic mass is 35.5. The summed E-state index contributed by atoms with van der Waals surface area (Å²) in [5, 5.41) is 3.50. The van der Waals surface area contributed by atoms with Crippen LogP contribution in [-0.2, 0) is 11.2 Å². The van der Waals surface area contributed by atoms with Crippen molar-refractivity contribution in [3.05, 3.63) is 35.2 Å². The Hall–Kier alpha value is -0.610. The smallest absolute Gasteiger partial charge is 0.0593 e. The van der Waals surface area contributed by atoms with Gasteiger partial charge in [0, 0.05) is 11.2 Å². The first kappa shape index (κ1) is 15.4. The van der Waals surface area contributed by atoms with E-state index in [-0.39, 0.29) is 12.4 Å². The lowest BCUT2D eigenvalue weighted by Crippen LogP contribution is -2.18. The lowest BCUT2D eigenvalue weighted by atomic mass is 10.1. The highest BCUT2D eigenvalue weighted by Gasteiger charge is 2.01. The van der Waals surface area contributed by atoms with Crippen LogP contribution < -0.4 is 0 Å². The molecule has 0 aliphatic carbocycles. The number of fused-ring (bicyclic) bond motifs is 1. The number of thiophene rings is 1. The highest BCUT2D eigenvalue weighted by Crippen LogP contribution is 2.24. The molecule has 0 N–H and O–H groups in total. The number of rotatable bonds is 6. The van der Waals surface area contributed by atoms with Gasteiger partial charge in [0.1, 0.15) is 0 Å². The third kappa shape index (κ3) is 4.25. The Morgan fingerprint density at radius 2 is 2.00 bits per heavy atom. The van der Waals surface area contributed by atoms with Crippen LogP contribution in [0.1, 0.15) is 5.56 Å². The van der Waals surface area contributed by atoms with Gasteiger partial charge in [-0.2, -0.15) is 0 Å². The molecule has 0 atom stereocenters. The number of hydrogen-bond acceptors (Lipinski definition) is 3. The summed E-state index contributed by atoms with van der Waals surface area (Å²) in [6.45, 7) is 2.61. The highest BCUT2D eigenvalue weighted by molar-refractivity contribution is 7.17. The van der Waals surface area contributed by atoms with Crippen LogP contribution in [0.5, 0.6) is 0 Å². The molecule has 0 radical (unpaired) electrons. The van der Waals surface area contributed by atoms with Crippen LogP contribution in [-0.4, -0.2) is 38.8 Å². The lowest BCUT2D eigenvalue weighted by Gasteiger charge is -2.10. The van der Waals surface area contributed by atoms with E-state index >= 15 is 0 Å². The van der Waals surface area contributed by atoms with Gasteiger partial charge in [0.15, 0.2) is 0 Å². The molecule has 2 rings (SSSR count). The molecule has 2 aromatic rings. The molecule has 4 heteroatoms. The number of halogens is 1. The average molecular weight is 286 g/mol. The van der Waals surface area contributed by atoms with Gasteiger partial charge >= 0.3 is 0 Å². The maximum absolute atomic E-state index is 5.64. The number of ether oxygens (including phenoxy) is 1. The van der Waals surface area contributed by atoms with Crippen molar-refractivity contribution in [1.29, 1.82) is 0 Å². The van der Waals surface area contributed by atoms with E-state index in [9.17, 15) is 0 Å². The zero-order valence-electron chi connectivity index (χ0n) is 10.9. The first-order valence-electron chi connectivity index (χ1n) is 5.95. The molecule has 18 heavy (non-hydrogen) atoms. The third-order valence-corrected chi connectivity index (χ3v) is 3.76. The van der Waals surface area contributed by atoms with Crippen LogP contribution in [0.3, 0.4) is 0 Å². The molecule has 0 unspecified atom stereocenters. The van der Waals surface area contributed by atoms with Crippen molar-refractivity contribution >= 4 is 33.8 Å². The van der Waals surface area contributed by atoms with Gasteiger partial charge in [-0.3, -0.25) is 0 Å². The zero-order chi connectivity index (χ0) is 12.1. The normalized spacial score (nSPS) is 10.8. The monoisotopic (exact) mass is 285 g/mol. The Labute approximate surface area is 119 Å². The SMILES string of the molecule is CN(C)CCOCCc1cccc2ccsc12.Cl. The van der Waals surface area contributed by atoms with Gasteiger partial charge in [-0.15, -0.1) is 23.7 Å². The van der Waals surface area contributed by atoms with Crippen LogP contribution in [0, 0.1) is 0 Å². The fraction of sp³-hybridized carbons (Fsp3) is 0.429.